The summed E-state index contributed by atoms with van der Waals surface area (Å²) in [5.41, 5.74) is 2.33. The van der Waals surface area contributed by atoms with E-state index in [1.807, 2.05) is 24.3 Å². The number of tetrazole rings is 1. The molecule has 0 unspecified atom stereocenters. The Morgan fingerprint density at radius 2 is 1.64 bits per heavy atom. The molecule has 1 aliphatic rings. The molecular weight excluding hydrogens is 360 g/mol. The first-order valence-electron chi connectivity index (χ1n) is 8.75. The number of para-hydroxylation sites is 2. The van der Waals surface area contributed by atoms with E-state index in [9.17, 15) is 9.59 Å². The van der Waals surface area contributed by atoms with Gasteiger partial charge in [-0.15, -0.1) is 10.2 Å². The van der Waals surface area contributed by atoms with E-state index in [4.69, 9.17) is 4.42 Å². The molecule has 28 heavy (non-hydrogen) atoms. The number of oxazole rings is 1. The maximum Gasteiger partial charge on any atom is 0.261 e. The third-order valence-electron chi connectivity index (χ3n) is 4.55. The molecule has 0 aliphatic carbocycles. The molecule has 5 rings (SSSR count). The molecule has 138 valence electrons. The Morgan fingerprint density at radius 1 is 0.929 bits per heavy atom. The van der Waals surface area contributed by atoms with E-state index in [2.05, 4.69) is 20.4 Å². The Bertz CT molecular complexity index is 1140. The monoisotopic (exact) mass is 374 g/mol. The van der Waals surface area contributed by atoms with Crippen molar-refractivity contribution in [3.8, 4) is 0 Å². The minimum atomic E-state index is -0.292. The molecule has 4 aromatic rings. The van der Waals surface area contributed by atoms with Crippen LogP contribution in [0.2, 0.25) is 0 Å². The van der Waals surface area contributed by atoms with Crippen LogP contribution < -0.4 is 0 Å². The van der Waals surface area contributed by atoms with Gasteiger partial charge in [0.1, 0.15) is 12.1 Å². The zero-order chi connectivity index (χ0) is 19.1. The topological polar surface area (TPSA) is 107 Å². The van der Waals surface area contributed by atoms with Crippen LogP contribution in [0.15, 0.2) is 52.9 Å². The molecule has 2 amide bonds. The van der Waals surface area contributed by atoms with Crippen LogP contribution in [0.4, 0.5) is 0 Å². The second-order valence-corrected chi connectivity index (χ2v) is 6.37. The van der Waals surface area contributed by atoms with Gasteiger partial charge < -0.3 is 4.42 Å². The second kappa shape index (κ2) is 6.38. The summed E-state index contributed by atoms with van der Waals surface area (Å²) in [6, 6.07) is 14.3. The van der Waals surface area contributed by atoms with Gasteiger partial charge in [-0.25, -0.2) is 4.98 Å². The summed E-state index contributed by atoms with van der Waals surface area (Å²) in [5.74, 6) is 0.331. The summed E-state index contributed by atoms with van der Waals surface area (Å²) in [6.07, 6.45) is 0.318. The molecule has 0 radical (unpaired) electrons. The molecule has 3 heterocycles. The highest BCUT2D eigenvalue weighted by Crippen LogP contribution is 2.22. The SMILES string of the molecule is O=C1c2ccccc2C(=O)N1CCc1nnn(Cc2nc3ccccc3o2)n1. The van der Waals surface area contributed by atoms with E-state index in [1.54, 1.807) is 24.3 Å². The van der Waals surface area contributed by atoms with E-state index in [1.165, 1.54) is 9.70 Å². The van der Waals surface area contributed by atoms with Gasteiger partial charge in [-0.3, -0.25) is 14.5 Å². The van der Waals surface area contributed by atoms with Crippen LogP contribution in [-0.2, 0) is 13.0 Å². The number of aromatic nitrogens is 5. The fourth-order valence-electron chi connectivity index (χ4n) is 3.21. The zero-order valence-corrected chi connectivity index (χ0v) is 14.6. The van der Waals surface area contributed by atoms with Crippen molar-refractivity contribution in [3.63, 3.8) is 0 Å². The van der Waals surface area contributed by atoms with Crippen molar-refractivity contribution in [2.45, 2.75) is 13.0 Å². The number of hydrogen-bond donors (Lipinski definition) is 0. The normalized spacial score (nSPS) is 13.5. The number of fused-ring (bicyclic) bond motifs is 2. The zero-order valence-electron chi connectivity index (χ0n) is 14.6. The van der Waals surface area contributed by atoms with E-state index >= 15 is 0 Å². The van der Waals surface area contributed by atoms with E-state index < -0.39 is 0 Å². The number of amides is 2. The van der Waals surface area contributed by atoms with Gasteiger partial charge in [-0.1, -0.05) is 24.3 Å². The lowest BCUT2D eigenvalue weighted by molar-refractivity contribution is 0.0655. The molecule has 2 aromatic carbocycles. The van der Waals surface area contributed by atoms with Crippen molar-refractivity contribution in [2.75, 3.05) is 6.54 Å². The van der Waals surface area contributed by atoms with E-state index in [-0.39, 0.29) is 24.9 Å². The Kier molecular flexibility index (Phi) is 3.71. The summed E-state index contributed by atoms with van der Waals surface area (Å²) in [6.45, 7) is 0.440. The largest absolute Gasteiger partial charge is 0.439 e. The van der Waals surface area contributed by atoms with Crippen LogP contribution >= 0.6 is 0 Å². The number of imide groups is 1. The van der Waals surface area contributed by atoms with E-state index in [0.717, 1.165) is 5.52 Å². The molecule has 0 fully saturated rings. The maximum atomic E-state index is 12.4. The highest BCUT2D eigenvalue weighted by molar-refractivity contribution is 6.21. The predicted octanol–water partition coefficient (Wildman–Crippen LogP) is 1.70. The number of benzene rings is 2. The number of nitrogens with zero attached hydrogens (tertiary/aromatic N) is 6. The van der Waals surface area contributed by atoms with Gasteiger partial charge >= 0.3 is 0 Å². The lowest BCUT2D eigenvalue weighted by Gasteiger charge is -2.11. The van der Waals surface area contributed by atoms with Crippen molar-refractivity contribution in [2.24, 2.45) is 0 Å². The molecule has 9 nitrogen and oxygen atoms in total. The van der Waals surface area contributed by atoms with Crippen LogP contribution in [-0.4, -0.2) is 48.5 Å². The first-order valence-corrected chi connectivity index (χ1v) is 8.75. The Labute approximate surface area is 158 Å². The fraction of sp³-hybridized carbons (Fsp3) is 0.158. The number of carbonyl (C=O) groups is 2. The fourth-order valence-corrected chi connectivity index (χ4v) is 3.21. The summed E-state index contributed by atoms with van der Waals surface area (Å²) >= 11 is 0. The molecule has 2 aromatic heterocycles. The summed E-state index contributed by atoms with van der Waals surface area (Å²) < 4.78 is 5.65. The smallest absolute Gasteiger partial charge is 0.261 e. The van der Waals surface area contributed by atoms with Crippen LogP contribution in [0.25, 0.3) is 11.1 Å². The predicted molar refractivity (Wildman–Crippen MR) is 96.4 cm³/mol. The summed E-state index contributed by atoms with van der Waals surface area (Å²) in [7, 11) is 0. The molecule has 0 saturated heterocycles. The van der Waals surface area contributed by atoms with Crippen LogP contribution in [0, 0.1) is 0 Å². The summed E-state index contributed by atoms with van der Waals surface area (Å²) in [5, 5.41) is 12.3. The average Bonchev–Trinajstić information content (AvgIpc) is 3.39. The quantitative estimate of drug-likeness (QED) is 0.489. The molecule has 0 atom stereocenters. The Hall–Kier alpha value is -3.88. The minimum Gasteiger partial charge on any atom is -0.439 e. The minimum absolute atomic E-state index is 0.195. The Morgan fingerprint density at radius 3 is 2.39 bits per heavy atom. The molecule has 0 N–H and O–H groups in total. The van der Waals surface area contributed by atoms with Gasteiger partial charge in [0.05, 0.1) is 11.1 Å². The van der Waals surface area contributed by atoms with Crippen LogP contribution in [0.1, 0.15) is 32.4 Å². The Balaban J connectivity index is 1.26. The van der Waals surface area contributed by atoms with Crippen molar-refractivity contribution in [1.29, 1.82) is 0 Å². The average molecular weight is 374 g/mol. The van der Waals surface area contributed by atoms with Crippen LogP contribution in [0.5, 0.6) is 0 Å². The van der Waals surface area contributed by atoms with Crippen molar-refractivity contribution in [1.82, 2.24) is 30.1 Å². The molecule has 0 spiro atoms. The lowest BCUT2D eigenvalue weighted by atomic mass is 10.1. The first kappa shape index (κ1) is 16.3. The molecule has 0 bridgehead atoms. The maximum absolute atomic E-state index is 12.4. The molecular formula is C19H14N6O3. The molecule has 9 heteroatoms. The van der Waals surface area contributed by atoms with Gasteiger partial charge in [0.15, 0.2) is 11.4 Å². The van der Waals surface area contributed by atoms with Crippen molar-refractivity contribution < 1.29 is 14.0 Å². The van der Waals surface area contributed by atoms with Gasteiger partial charge in [0.2, 0.25) is 5.89 Å². The third kappa shape index (κ3) is 2.73. The standard InChI is InChI=1S/C19H14N6O3/c26-18-12-5-1-2-6-13(12)19(27)24(18)10-9-16-21-23-25(22-16)11-17-20-14-7-3-4-8-15(14)28-17/h1-8H,9-11H2. The molecule has 0 saturated carbocycles. The van der Waals surface area contributed by atoms with Crippen molar-refractivity contribution in [3.05, 3.63) is 71.4 Å². The highest BCUT2D eigenvalue weighted by atomic mass is 16.3. The number of rotatable bonds is 5. The van der Waals surface area contributed by atoms with Crippen molar-refractivity contribution >= 4 is 22.9 Å². The van der Waals surface area contributed by atoms with Gasteiger partial charge in [0, 0.05) is 13.0 Å². The van der Waals surface area contributed by atoms with Gasteiger partial charge in [0.25, 0.3) is 11.8 Å². The second-order valence-electron chi connectivity index (χ2n) is 6.37. The summed E-state index contributed by atoms with van der Waals surface area (Å²) in [4.78, 5) is 31.7. The third-order valence-corrected chi connectivity index (χ3v) is 4.55. The highest BCUT2D eigenvalue weighted by Gasteiger charge is 2.34. The first-order chi connectivity index (χ1) is 13.7. The number of carbonyl (C=O) groups excluding carboxylic acids is 2. The van der Waals surface area contributed by atoms with Gasteiger partial charge in [-0.05, 0) is 29.5 Å². The van der Waals surface area contributed by atoms with Crippen LogP contribution in [0.3, 0.4) is 0 Å². The van der Waals surface area contributed by atoms with Gasteiger partial charge in [-0.2, -0.15) is 4.80 Å². The lowest BCUT2D eigenvalue weighted by Crippen LogP contribution is -2.32. The number of hydrogen-bond acceptors (Lipinski definition) is 7. The van der Waals surface area contributed by atoms with E-state index in [0.29, 0.717) is 34.8 Å². The molecule has 1 aliphatic heterocycles.